The predicted molar refractivity (Wildman–Crippen MR) is 132 cm³/mol. The monoisotopic (exact) mass is 478 g/mol. The number of halogens is 1. The highest BCUT2D eigenvalue weighted by molar-refractivity contribution is 6.10. The van der Waals surface area contributed by atoms with Crippen LogP contribution in [0.1, 0.15) is 55.1 Å². The number of nitrogens with zero attached hydrogens (tertiary/aromatic N) is 2. The van der Waals surface area contributed by atoms with Gasteiger partial charge in [-0.2, -0.15) is 0 Å². The van der Waals surface area contributed by atoms with Crippen LogP contribution in [0.4, 0.5) is 4.39 Å². The minimum Gasteiger partial charge on any atom is -0.493 e. The van der Waals surface area contributed by atoms with Gasteiger partial charge in [-0.25, -0.2) is 4.39 Å². The Morgan fingerprint density at radius 2 is 1.97 bits per heavy atom. The number of nitrogens with one attached hydrogen (secondary N) is 2. The van der Waals surface area contributed by atoms with Gasteiger partial charge in [0.05, 0.1) is 23.4 Å². The van der Waals surface area contributed by atoms with E-state index < -0.39 is 0 Å². The maximum Gasteiger partial charge on any atom is 0.253 e. The van der Waals surface area contributed by atoms with E-state index in [4.69, 9.17) is 4.74 Å². The first kappa shape index (κ1) is 23.3. The average molecular weight is 479 g/mol. The van der Waals surface area contributed by atoms with Crippen molar-refractivity contribution in [2.24, 2.45) is 5.92 Å². The molecule has 2 N–H and O–H groups in total. The fraction of sp³-hybridized carbons (Fsp3) is 0.444. The number of rotatable bonds is 7. The van der Waals surface area contributed by atoms with Crippen molar-refractivity contribution >= 4 is 22.7 Å². The number of amides is 2. The van der Waals surface area contributed by atoms with Crippen molar-refractivity contribution in [3.8, 4) is 17.0 Å². The van der Waals surface area contributed by atoms with Gasteiger partial charge in [0.1, 0.15) is 11.6 Å². The zero-order valence-corrected chi connectivity index (χ0v) is 20.2. The highest BCUT2D eigenvalue weighted by atomic mass is 19.1. The summed E-state index contributed by atoms with van der Waals surface area (Å²) in [6, 6.07) is 6.30. The number of carbonyl (C=O) groups is 2. The van der Waals surface area contributed by atoms with Gasteiger partial charge in [0.15, 0.2) is 0 Å². The molecule has 1 aliphatic carbocycles. The van der Waals surface area contributed by atoms with Gasteiger partial charge in [-0.1, -0.05) is 6.92 Å². The van der Waals surface area contributed by atoms with E-state index in [1.165, 1.54) is 12.1 Å². The third-order valence-corrected chi connectivity index (χ3v) is 6.99. The summed E-state index contributed by atoms with van der Waals surface area (Å²) >= 11 is 0. The Morgan fingerprint density at radius 3 is 2.69 bits per heavy atom. The van der Waals surface area contributed by atoms with Crippen LogP contribution in [0.25, 0.3) is 22.2 Å². The summed E-state index contributed by atoms with van der Waals surface area (Å²) in [4.78, 5) is 35.0. The van der Waals surface area contributed by atoms with Crippen molar-refractivity contribution in [2.45, 2.75) is 52.0 Å². The molecule has 1 saturated carbocycles. The lowest BCUT2D eigenvalue weighted by Gasteiger charge is -2.32. The number of H-pyrrole nitrogens is 1. The molecule has 5 rings (SSSR count). The number of likely N-dealkylation sites (tertiary alicyclic amines) is 1. The Labute approximate surface area is 204 Å². The van der Waals surface area contributed by atoms with Crippen LogP contribution in [0.5, 0.6) is 5.75 Å². The molecule has 1 aliphatic heterocycles. The van der Waals surface area contributed by atoms with Gasteiger partial charge in [0, 0.05) is 48.4 Å². The molecule has 0 atom stereocenters. The van der Waals surface area contributed by atoms with Crippen LogP contribution < -0.4 is 10.1 Å². The molecular formula is C27H31FN4O3. The maximum atomic E-state index is 14.2. The summed E-state index contributed by atoms with van der Waals surface area (Å²) in [6.07, 6.45) is 5.93. The van der Waals surface area contributed by atoms with Crippen LogP contribution >= 0.6 is 0 Å². The number of aryl methyl sites for hydroxylation is 1. The van der Waals surface area contributed by atoms with Crippen molar-refractivity contribution < 1.29 is 18.7 Å². The molecule has 2 aromatic heterocycles. The molecule has 8 heteroatoms. The molecule has 1 saturated heterocycles. The van der Waals surface area contributed by atoms with Crippen LogP contribution in [-0.2, 0) is 4.79 Å². The predicted octanol–water partition coefficient (Wildman–Crippen LogP) is 4.60. The number of ether oxygens (including phenoxy) is 1. The molecule has 3 heterocycles. The van der Waals surface area contributed by atoms with Gasteiger partial charge in [-0.15, -0.1) is 0 Å². The van der Waals surface area contributed by atoms with Gasteiger partial charge < -0.3 is 19.9 Å². The molecule has 2 amide bonds. The molecule has 2 fully saturated rings. The van der Waals surface area contributed by atoms with Gasteiger partial charge in [-0.3, -0.25) is 14.6 Å². The zero-order chi connectivity index (χ0) is 24.5. The van der Waals surface area contributed by atoms with E-state index >= 15 is 0 Å². The number of benzene rings is 1. The lowest BCUT2D eigenvalue weighted by molar-refractivity contribution is -0.131. The number of hydrogen-bond acceptors (Lipinski definition) is 4. The van der Waals surface area contributed by atoms with Gasteiger partial charge in [0.25, 0.3) is 5.91 Å². The summed E-state index contributed by atoms with van der Waals surface area (Å²) in [5, 5.41) is 3.89. The molecule has 0 bridgehead atoms. The van der Waals surface area contributed by atoms with E-state index in [1.54, 1.807) is 12.3 Å². The Hall–Kier alpha value is -3.42. The van der Waals surface area contributed by atoms with Gasteiger partial charge >= 0.3 is 0 Å². The van der Waals surface area contributed by atoms with Gasteiger partial charge in [-0.05, 0) is 62.8 Å². The SMILES string of the molecule is CCC(=O)N1CCC(NC(=O)c2c(C)[nH]c3c(-c4cc(F)ccc4OCC4CC4)nccc23)CC1. The maximum absolute atomic E-state index is 14.2. The normalized spacial score (nSPS) is 16.5. The summed E-state index contributed by atoms with van der Waals surface area (Å²) < 4.78 is 20.2. The van der Waals surface area contributed by atoms with E-state index in [-0.39, 0.29) is 23.7 Å². The topological polar surface area (TPSA) is 87.3 Å². The fourth-order valence-electron chi connectivity index (χ4n) is 4.81. The second-order valence-electron chi connectivity index (χ2n) is 9.58. The van der Waals surface area contributed by atoms with Crippen molar-refractivity contribution in [1.82, 2.24) is 20.2 Å². The summed E-state index contributed by atoms with van der Waals surface area (Å²) in [7, 11) is 0. The molecule has 184 valence electrons. The minimum absolute atomic E-state index is 0.0136. The van der Waals surface area contributed by atoms with E-state index in [2.05, 4.69) is 15.3 Å². The van der Waals surface area contributed by atoms with E-state index in [0.29, 0.717) is 60.1 Å². The summed E-state index contributed by atoms with van der Waals surface area (Å²) in [5.74, 6) is 0.777. The minimum atomic E-state index is -0.369. The number of piperidine rings is 1. The first-order valence-corrected chi connectivity index (χ1v) is 12.4. The molecular weight excluding hydrogens is 447 g/mol. The molecule has 1 aromatic carbocycles. The zero-order valence-electron chi connectivity index (χ0n) is 20.2. The number of fused-ring (bicyclic) bond motifs is 1. The second kappa shape index (κ2) is 9.68. The Bertz CT molecular complexity index is 1260. The lowest BCUT2D eigenvalue weighted by atomic mass is 10.0. The van der Waals surface area contributed by atoms with Crippen LogP contribution in [0.15, 0.2) is 30.5 Å². The Kier molecular flexibility index (Phi) is 6.45. The number of hydrogen-bond donors (Lipinski definition) is 2. The van der Waals surface area contributed by atoms with E-state index in [0.717, 1.165) is 36.8 Å². The number of carbonyl (C=O) groups excluding carboxylic acids is 2. The smallest absolute Gasteiger partial charge is 0.253 e. The summed E-state index contributed by atoms with van der Waals surface area (Å²) in [6.45, 7) is 5.64. The third kappa shape index (κ3) is 4.88. The van der Waals surface area contributed by atoms with Crippen LogP contribution in [0.2, 0.25) is 0 Å². The Balaban J connectivity index is 1.41. The molecule has 7 nitrogen and oxygen atoms in total. The van der Waals surface area contributed by atoms with E-state index in [9.17, 15) is 14.0 Å². The van der Waals surface area contributed by atoms with Gasteiger partial charge in [0.2, 0.25) is 5.91 Å². The fourth-order valence-corrected chi connectivity index (χ4v) is 4.81. The molecule has 0 unspecified atom stereocenters. The lowest BCUT2D eigenvalue weighted by Crippen LogP contribution is -2.46. The van der Waals surface area contributed by atoms with Crippen LogP contribution in [0, 0.1) is 18.7 Å². The number of aromatic amines is 1. The van der Waals surface area contributed by atoms with Crippen LogP contribution in [0.3, 0.4) is 0 Å². The highest BCUT2D eigenvalue weighted by Crippen LogP contribution is 2.37. The first-order valence-electron chi connectivity index (χ1n) is 12.4. The Morgan fingerprint density at radius 1 is 1.20 bits per heavy atom. The molecule has 2 aliphatic rings. The van der Waals surface area contributed by atoms with Crippen LogP contribution in [-0.4, -0.2) is 52.4 Å². The van der Waals surface area contributed by atoms with E-state index in [1.807, 2.05) is 24.8 Å². The van der Waals surface area contributed by atoms with Crippen molar-refractivity contribution in [1.29, 1.82) is 0 Å². The number of pyridine rings is 1. The standard InChI is InChI=1S/C27H31FN4O3/c1-3-23(33)32-12-9-19(10-13-32)31-27(34)24-16(2)30-26-20(24)8-11-29-25(26)21-14-18(28)6-7-22(21)35-15-17-4-5-17/h6-8,11,14,17,19,30H,3-5,9-10,12-13,15H2,1-2H3,(H,31,34). The first-order chi connectivity index (χ1) is 16.9. The van der Waals surface area contributed by atoms with Crippen molar-refractivity contribution in [3.63, 3.8) is 0 Å². The molecule has 0 spiro atoms. The van der Waals surface area contributed by atoms with Crippen molar-refractivity contribution in [3.05, 3.63) is 47.5 Å². The molecule has 3 aromatic rings. The highest BCUT2D eigenvalue weighted by Gasteiger charge is 2.27. The average Bonchev–Trinajstić information content (AvgIpc) is 3.62. The molecule has 0 radical (unpaired) electrons. The third-order valence-electron chi connectivity index (χ3n) is 6.99. The second-order valence-corrected chi connectivity index (χ2v) is 9.58. The summed E-state index contributed by atoms with van der Waals surface area (Å²) in [5.41, 5.74) is 3.09. The van der Waals surface area contributed by atoms with Crippen molar-refractivity contribution in [2.75, 3.05) is 19.7 Å². The number of aromatic nitrogens is 2. The quantitative estimate of drug-likeness (QED) is 0.520. The molecule has 35 heavy (non-hydrogen) atoms. The largest absolute Gasteiger partial charge is 0.493 e.